The molecule has 0 N–H and O–H groups in total. The van der Waals surface area contributed by atoms with Crippen LogP contribution in [0.3, 0.4) is 0 Å². The molecule has 0 fully saturated rings. The lowest BCUT2D eigenvalue weighted by Gasteiger charge is -1.98. The quantitative estimate of drug-likeness (QED) is 0.471. The summed E-state index contributed by atoms with van der Waals surface area (Å²) in [5.74, 6) is -0.336. The standard InChI is InChI=1S/C14H15BrO2/c1-2-17-14(16)13(15)11-7-6-10-12-8-4-3-5-9-12/h3-9,11H,2,10H2,1H3/b7-6+,13-11-. The van der Waals surface area contributed by atoms with Crippen molar-refractivity contribution >= 4 is 21.9 Å². The summed E-state index contributed by atoms with van der Waals surface area (Å²) in [6, 6.07) is 10.1. The Morgan fingerprint density at radius 2 is 2.06 bits per heavy atom. The van der Waals surface area contributed by atoms with E-state index in [9.17, 15) is 4.79 Å². The van der Waals surface area contributed by atoms with E-state index >= 15 is 0 Å². The molecule has 0 saturated carbocycles. The highest BCUT2D eigenvalue weighted by Gasteiger charge is 2.03. The van der Waals surface area contributed by atoms with Gasteiger partial charge in [0.15, 0.2) is 0 Å². The van der Waals surface area contributed by atoms with Crippen LogP contribution in [0.2, 0.25) is 0 Å². The van der Waals surface area contributed by atoms with E-state index in [1.54, 1.807) is 13.0 Å². The van der Waals surface area contributed by atoms with Crippen LogP contribution in [-0.2, 0) is 16.0 Å². The molecule has 0 amide bonds. The normalized spacial score (nSPS) is 11.8. The molecule has 0 aliphatic rings. The first-order valence-electron chi connectivity index (χ1n) is 5.47. The number of benzene rings is 1. The van der Waals surface area contributed by atoms with Crippen LogP contribution >= 0.6 is 15.9 Å². The van der Waals surface area contributed by atoms with E-state index in [1.165, 1.54) is 5.56 Å². The van der Waals surface area contributed by atoms with Crippen molar-refractivity contribution in [3.63, 3.8) is 0 Å². The van der Waals surface area contributed by atoms with Gasteiger partial charge in [-0.3, -0.25) is 0 Å². The van der Waals surface area contributed by atoms with Crippen LogP contribution in [0.4, 0.5) is 0 Å². The van der Waals surface area contributed by atoms with Crippen molar-refractivity contribution in [3.8, 4) is 0 Å². The number of carbonyl (C=O) groups excluding carboxylic acids is 1. The van der Waals surface area contributed by atoms with Crippen LogP contribution < -0.4 is 0 Å². The minimum Gasteiger partial charge on any atom is -0.462 e. The maximum Gasteiger partial charge on any atom is 0.345 e. The Hall–Kier alpha value is -1.35. The first-order chi connectivity index (χ1) is 8.24. The smallest absolute Gasteiger partial charge is 0.345 e. The van der Waals surface area contributed by atoms with Gasteiger partial charge in [0.05, 0.1) is 6.61 Å². The van der Waals surface area contributed by atoms with Crippen LogP contribution in [-0.4, -0.2) is 12.6 Å². The molecule has 90 valence electrons. The molecule has 3 heteroatoms. The third-order valence-electron chi connectivity index (χ3n) is 2.05. The maximum absolute atomic E-state index is 11.2. The average molecular weight is 295 g/mol. The molecule has 0 saturated heterocycles. The number of allylic oxidation sites excluding steroid dienone is 3. The van der Waals surface area contributed by atoms with Crippen molar-refractivity contribution in [2.24, 2.45) is 0 Å². The summed E-state index contributed by atoms with van der Waals surface area (Å²) < 4.78 is 5.26. The summed E-state index contributed by atoms with van der Waals surface area (Å²) in [5.41, 5.74) is 1.24. The van der Waals surface area contributed by atoms with Crippen molar-refractivity contribution in [1.29, 1.82) is 0 Å². The van der Waals surface area contributed by atoms with Crippen LogP contribution in [0.1, 0.15) is 12.5 Å². The van der Waals surface area contributed by atoms with Crippen molar-refractivity contribution in [2.75, 3.05) is 6.61 Å². The summed E-state index contributed by atoms with van der Waals surface area (Å²) in [4.78, 5) is 11.2. The highest BCUT2D eigenvalue weighted by atomic mass is 79.9. The van der Waals surface area contributed by atoms with Gasteiger partial charge in [-0.2, -0.15) is 0 Å². The van der Waals surface area contributed by atoms with E-state index < -0.39 is 0 Å². The minimum absolute atomic E-state index is 0.336. The summed E-state index contributed by atoms with van der Waals surface area (Å²) in [6.45, 7) is 2.17. The topological polar surface area (TPSA) is 26.3 Å². The van der Waals surface area contributed by atoms with Gasteiger partial charge in [-0.25, -0.2) is 4.79 Å². The fourth-order valence-electron chi connectivity index (χ4n) is 1.24. The Bertz CT molecular complexity index is 407. The third kappa shape index (κ3) is 5.50. The van der Waals surface area contributed by atoms with Gasteiger partial charge >= 0.3 is 5.97 Å². The fourth-order valence-corrected chi connectivity index (χ4v) is 1.51. The largest absolute Gasteiger partial charge is 0.462 e. The third-order valence-corrected chi connectivity index (χ3v) is 2.63. The summed E-state index contributed by atoms with van der Waals surface area (Å²) in [7, 11) is 0. The predicted molar refractivity (Wildman–Crippen MR) is 72.9 cm³/mol. The summed E-state index contributed by atoms with van der Waals surface area (Å²) >= 11 is 3.17. The van der Waals surface area contributed by atoms with Gasteiger partial charge in [0.2, 0.25) is 0 Å². The monoisotopic (exact) mass is 294 g/mol. The first-order valence-corrected chi connectivity index (χ1v) is 6.26. The molecule has 17 heavy (non-hydrogen) atoms. The highest BCUT2D eigenvalue weighted by Crippen LogP contribution is 2.08. The summed E-state index contributed by atoms with van der Waals surface area (Å²) in [5, 5.41) is 0. The average Bonchev–Trinajstić information content (AvgIpc) is 2.36. The van der Waals surface area contributed by atoms with Crippen LogP contribution in [0.15, 0.2) is 53.0 Å². The number of esters is 1. The molecule has 0 heterocycles. The molecule has 0 aromatic heterocycles. The lowest BCUT2D eigenvalue weighted by Crippen LogP contribution is -2.02. The van der Waals surface area contributed by atoms with Gasteiger partial charge in [0.25, 0.3) is 0 Å². The van der Waals surface area contributed by atoms with Gasteiger partial charge in [-0.15, -0.1) is 0 Å². The number of carbonyl (C=O) groups is 1. The molecule has 0 aliphatic heterocycles. The SMILES string of the molecule is CCOC(=O)/C(Br)=C/C=C/Cc1ccccc1. The van der Waals surface area contributed by atoms with Gasteiger partial charge in [0.1, 0.15) is 4.48 Å². The second-order valence-corrected chi connectivity index (χ2v) is 4.21. The van der Waals surface area contributed by atoms with Crippen molar-refractivity contribution < 1.29 is 9.53 Å². The van der Waals surface area contributed by atoms with Crippen molar-refractivity contribution in [1.82, 2.24) is 0 Å². The molecular weight excluding hydrogens is 280 g/mol. The Labute approximate surface area is 110 Å². The van der Waals surface area contributed by atoms with E-state index in [0.29, 0.717) is 11.1 Å². The van der Waals surface area contributed by atoms with Crippen LogP contribution in [0.5, 0.6) is 0 Å². The lowest BCUT2D eigenvalue weighted by atomic mass is 10.1. The zero-order chi connectivity index (χ0) is 12.5. The number of ether oxygens (including phenoxy) is 1. The molecule has 1 aromatic rings. The Morgan fingerprint density at radius 1 is 1.35 bits per heavy atom. The van der Waals surface area contributed by atoms with E-state index in [4.69, 9.17) is 4.74 Å². The first kappa shape index (κ1) is 13.7. The van der Waals surface area contributed by atoms with E-state index in [-0.39, 0.29) is 5.97 Å². The maximum atomic E-state index is 11.2. The van der Waals surface area contributed by atoms with Gasteiger partial charge in [-0.1, -0.05) is 42.5 Å². The Balaban J connectivity index is 2.44. The molecule has 0 bridgehead atoms. The zero-order valence-electron chi connectivity index (χ0n) is 9.73. The second-order valence-electron chi connectivity index (χ2n) is 3.35. The number of halogens is 1. The molecule has 1 aromatic carbocycles. The number of hydrogen-bond acceptors (Lipinski definition) is 2. The molecule has 0 atom stereocenters. The van der Waals surface area contributed by atoms with Gasteiger partial charge in [-0.05, 0) is 40.9 Å². The summed E-state index contributed by atoms with van der Waals surface area (Å²) in [6.07, 6.45) is 6.38. The molecule has 0 aliphatic carbocycles. The van der Waals surface area contributed by atoms with E-state index in [1.807, 2.05) is 30.4 Å². The van der Waals surface area contributed by atoms with Gasteiger partial charge in [0, 0.05) is 0 Å². The lowest BCUT2D eigenvalue weighted by molar-refractivity contribution is -0.137. The molecule has 0 radical (unpaired) electrons. The Kier molecular flexibility index (Phi) is 6.33. The number of hydrogen-bond donors (Lipinski definition) is 0. The van der Waals surface area contributed by atoms with E-state index in [0.717, 1.165) is 6.42 Å². The van der Waals surface area contributed by atoms with Crippen LogP contribution in [0, 0.1) is 0 Å². The Morgan fingerprint density at radius 3 is 2.71 bits per heavy atom. The molecule has 2 nitrogen and oxygen atoms in total. The van der Waals surface area contributed by atoms with Gasteiger partial charge < -0.3 is 4.74 Å². The minimum atomic E-state index is -0.336. The zero-order valence-corrected chi connectivity index (χ0v) is 11.3. The second kappa shape index (κ2) is 7.85. The van der Waals surface area contributed by atoms with E-state index in [2.05, 4.69) is 28.1 Å². The molecular formula is C14H15BrO2. The highest BCUT2D eigenvalue weighted by molar-refractivity contribution is 9.12. The molecule has 1 rings (SSSR count). The molecule has 0 unspecified atom stereocenters. The predicted octanol–water partition coefficient (Wildman–Crippen LogP) is 3.63. The van der Waals surface area contributed by atoms with Crippen LogP contribution in [0.25, 0.3) is 0 Å². The molecule has 0 spiro atoms. The number of rotatable bonds is 5. The van der Waals surface area contributed by atoms with Crippen molar-refractivity contribution in [2.45, 2.75) is 13.3 Å². The fraction of sp³-hybridized carbons (Fsp3) is 0.214. The van der Waals surface area contributed by atoms with Crippen molar-refractivity contribution in [3.05, 3.63) is 58.6 Å².